The summed E-state index contributed by atoms with van der Waals surface area (Å²) in [6.07, 6.45) is 6.72. The smallest absolute Gasteiger partial charge is 0.270 e. The first kappa shape index (κ1) is 14.9. The predicted octanol–water partition coefficient (Wildman–Crippen LogP) is 2.23. The number of hydrogen-bond donors (Lipinski definition) is 2. The van der Waals surface area contributed by atoms with Gasteiger partial charge in [-0.3, -0.25) is 19.6 Å². The quantitative estimate of drug-likeness (QED) is 0.761. The Bertz CT molecular complexity index is 731. The van der Waals surface area contributed by atoms with E-state index >= 15 is 0 Å². The van der Waals surface area contributed by atoms with Crippen molar-refractivity contribution in [2.75, 3.05) is 5.32 Å². The van der Waals surface area contributed by atoms with Crippen molar-refractivity contribution in [2.45, 2.75) is 18.9 Å². The van der Waals surface area contributed by atoms with E-state index in [4.69, 9.17) is 0 Å². The van der Waals surface area contributed by atoms with E-state index in [0.717, 1.165) is 16.4 Å². The molecule has 0 atom stereocenters. The van der Waals surface area contributed by atoms with Gasteiger partial charge >= 0.3 is 0 Å². The largest absolute Gasteiger partial charge is 0.348 e. The van der Waals surface area contributed by atoms with Crippen molar-refractivity contribution in [3.63, 3.8) is 0 Å². The van der Waals surface area contributed by atoms with Crippen LogP contribution in [-0.4, -0.2) is 27.8 Å². The van der Waals surface area contributed by atoms with Crippen LogP contribution in [0.3, 0.4) is 0 Å². The molecule has 112 valence electrons. The zero-order valence-corrected chi connectivity index (χ0v) is 13.7. The van der Waals surface area contributed by atoms with E-state index in [1.807, 2.05) is 0 Å². The number of nitrogens with zero attached hydrogens (tertiary/aromatic N) is 2. The number of amides is 2. The van der Waals surface area contributed by atoms with Crippen LogP contribution in [-0.2, 0) is 0 Å². The number of hydrogen-bond acceptors (Lipinski definition) is 4. The average molecular weight is 408 g/mol. The molecule has 1 aliphatic carbocycles. The van der Waals surface area contributed by atoms with Crippen LogP contribution in [0.25, 0.3) is 0 Å². The van der Waals surface area contributed by atoms with Crippen molar-refractivity contribution < 1.29 is 9.59 Å². The molecule has 0 bridgehead atoms. The van der Waals surface area contributed by atoms with E-state index < -0.39 is 0 Å². The van der Waals surface area contributed by atoms with Crippen LogP contribution < -0.4 is 10.6 Å². The minimum absolute atomic E-state index is 0.242. The molecule has 0 aliphatic heterocycles. The molecular formula is C15H13IN4O2. The van der Waals surface area contributed by atoms with Crippen LogP contribution >= 0.6 is 22.6 Å². The van der Waals surface area contributed by atoms with E-state index in [2.05, 4.69) is 43.2 Å². The van der Waals surface area contributed by atoms with Gasteiger partial charge in [-0.05, 0) is 53.6 Å². The Morgan fingerprint density at radius 2 is 2.00 bits per heavy atom. The topological polar surface area (TPSA) is 84.0 Å². The predicted molar refractivity (Wildman–Crippen MR) is 89.6 cm³/mol. The fourth-order valence-corrected chi connectivity index (χ4v) is 2.28. The minimum Gasteiger partial charge on any atom is -0.348 e. The Hall–Kier alpha value is -2.03. The first-order valence-electron chi connectivity index (χ1n) is 6.81. The van der Waals surface area contributed by atoms with E-state index in [9.17, 15) is 9.59 Å². The van der Waals surface area contributed by atoms with Crippen molar-refractivity contribution in [3.8, 4) is 0 Å². The molecule has 2 aromatic rings. The molecule has 2 amide bonds. The number of halogens is 1. The normalized spacial score (nSPS) is 13.5. The van der Waals surface area contributed by atoms with E-state index in [0.29, 0.717) is 11.3 Å². The van der Waals surface area contributed by atoms with Crippen molar-refractivity contribution in [1.82, 2.24) is 15.3 Å². The molecule has 3 rings (SSSR count). The third kappa shape index (κ3) is 3.59. The summed E-state index contributed by atoms with van der Waals surface area (Å²) in [4.78, 5) is 32.2. The van der Waals surface area contributed by atoms with Gasteiger partial charge in [-0.1, -0.05) is 0 Å². The van der Waals surface area contributed by atoms with Gasteiger partial charge in [-0.15, -0.1) is 0 Å². The van der Waals surface area contributed by atoms with Crippen LogP contribution in [0.4, 0.5) is 5.69 Å². The van der Waals surface area contributed by atoms with Crippen molar-refractivity contribution in [1.29, 1.82) is 0 Å². The van der Waals surface area contributed by atoms with Crippen molar-refractivity contribution in [2.24, 2.45) is 0 Å². The van der Waals surface area contributed by atoms with Gasteiger partial charge in [0.25, 0.3) is 11.8 Å². The maximum Gasteiger partial charge on any atom is 0.270 e. The molecular weight excluding hydrogens is 395 g/mol. The zero-order valence-electron chi connectivity index (χ0n) is 11.5. The summed E-state index contributed by atoms with van der Waals surface area (Å²) in [5.41, 5.74) is 1.27. The van der Waals surface area contributed by atoms with Crippen molar-refractivity contribution in [3.05, 3.63) is 51.6 Å². The molecule has 2 aromatic heterocycles. The highest BCUT2D eigenvalue weighted by atomic mass is 127. The third-order valence-electron chi connectivity index (χ3n) is 3.18. The van der Waals surface area contributed by atoms with Gasteiger partial charge < -0.3 is 10.6 Å². The summed E-state index contributed by atoms with van der Waals surface area (Å²) >= 11 is 2.12. The lowest BCUT2D eigenvalue weighted by atomic mass is 10.2. The molecule has 1 fully saturated rings. The summed E-state index contributed by atoms with van der Waals surface area (Å²) < 4.78 is 0.890. The zero-order chi connectivity index (χ0) is 15.5. The fourth-order valence-electron chi connectivity index (χ4n) is 1.85. The molecule has 2 N–H and O–H groups in total. The van der Waals surface area contributed by atoms with Gasteiger partial charge in [0.2, 0.25) is 0 Å². The van der Waals surface area contributed by atoms with Crippen LogP contribution in [0.1, 0.15) is 33.7 Å². The highest BCUT2D eigenvalue weighted by molar-refractivity contribution is 14.1. The van der Waals surface area contributed by atoms with Gasteiger partial charge in [-0.25, -0.2) is 0 Å². The van der Waals surface area contributed by atoms with Gasteiger partial charge in [0.15, 0.2) is 0 Å². The molecule has 0 spiro atoms. The monoisotopic (exact) mass is 408 g/mol. The van der Waals surface area contributed by atoms with Crippen LogP contribution in [0.15, 0.2) is 36.8 Å². The molecule has 2 heterocycles. The number of aromatic nitrogens is 2. The summed E-state index contributed by atoms with van der Waals surface area (Å²) in [6, 6.07) is 5.13. The average Bonchev–Trinajstić information content (AvgIpc) is 3.33. The Labute approximate surface area is 140 Å². The van der Waals surface area contributed by atoms with Crippen LogP contribution in [0, 0.1) is 3.57 Å². The summed E-state index contributed by atoms with van der Waals surface area (Å²) in [5.74, 6) is -0.540. The molecule has 1 aliphatic rings. The Kier molecular flexibility index (Phi) is 4.32. The Morgan fingerprint density at radius 3 is 2.73 bits per heavy atom. The molecule has 22 heavy (non-hydrogen) atoms. The molecule has 6 nitrogen and oxygen atoms in total. The number of anilines is 1. The van der Waals surface area contributed by atoms with Gasteiger partial charge in [0.05, 0.1) is 11.9 Å². The van der Waals surface area contributed by atoms with Gasteiger partial charge in [-0.2, -0.15) is 0 Å². The summed E-state index contributed by atoms with van der Waals surface area (Å²) in [5, 5.41) is 5.63. The van der Waals surface area contributed by atoms with E-state index in [1.165, 1.54) is 12.3 Å². The van der Waals surface area contributed by atoms with Crippen LogP contribution in [0.2, 0.25) is 0 Å². The van der Waals surface area contributed by atoms with Gasteiger partial charge in [0.1, 0.15) is 5.69 Å². The van der Waals surface area contributed by atoms with Crippen LogP contribution in [0.5, 0.6) is 0 Å². The number of rotatable bonds is 4. The SMILES string of the molecule is O=C(Nc1cnccc1I)c1ccnc(C(=O)NC2CC2)c1. The molecule has 0 saturated heterocycles. The second kappa shape index (κ2) is 6.39. The summed E-state index contributed by atoms with van der Waals surface area (Å²) in [6.45, 7) is 0. The number of nitrogens with one attached hydrogen (secondary N) is 2. The Morgan fingerprint density at radius 1 is 1.18 bits per heavy atom. The second-order valence-corrected chi connectivity index (χ2v) is 6.15. The fraction of sp³-hybridized carbons (Fsp3) is 0.200. The molecule has 0 aromatic carbocycles. The maximum atomic E-state index is 12.3. The van der Waals surface area contributed by atoms with Gasteiger partial charge in [0, 0.05) is 27.6 Å². The lowest BCUT2D eigenvalue weighted by molar-refractivity contribution is 0.0946. The second-order valence-electron chi connectivity index (χ2n) is 4.99. The van der Waals surface area contributed by atoms with E-state index in [-0.39, 0.29) is 23.6 Å². The highest BCUT2D eigenvalue weighted by Crippen LogP contribution is 2.19. The third-order valence-corrected chi connectivity index (χ3v) is 4.12. The Balaban J connectivity index is 1.75. The van der Waals surface area contributed by atoms with E-state index in [1.54, 1.807) is 24.5 Å². The van der Waals surface area contributed by atoms with Crippen molar-refractivity contribution >= 4 is 40.1 Å². The lowest BCUT2D eigenvalue weighted by Crippen LogP contribution is -2.26. The number of pyridine rings is 2. The maximum absolute atomic E-state index is 12.3. The lowest BCUT2D eigenvalue weighted by Gasteiger charge is -2.08. The number of carbonyl (C=O) groups is 2. The minimum atomic E-state index is -0.297. The highest BCUT2D eigenvalue weighted by Gasteiger charge is 2.24. The first-order chi connectivity index (χ1) is 10.6. The first-order valence-corrected chi connectivity index (χ1v) is 7.89. The molecule has 0 radical (unpaired) electrons. The summed E-state index contributed by atoms with van der Waals surface area (Å²) in [7, 11) is 0. The standard InChI is InChI=1S/C15H13IN4O2/c16-11-4-5-17-8-13(11)20-14(21)9-3-6-18-12(7-9)15(22)19-10-1-2-10/h3-8,10H,1-2H2,(H,19,22)(H,20,21). The molecule has 7 heteroatoms. The molecule has 1 saturated carbocycles. The molecule has 0 unspecified atom stereocenters. The number of carbonyl (C=O) groups excluding carboxylic acids is 2.